The van der Waals surface area contributed by atoms with Gasteiger partial charge in [0.1, 0.15) is 65.8 Å². The van der Waals surface area contributed by atoms with E-state index in [4.69, 9.17) is 5.73 Å². The van der Waals surface area contributed by atoms with E-state index >= 15 is 0 Å². The van der Waals surface area contributed by atoms with Crippen LogP contribution in [0.4, 0.5) is 101 Å². The van der Waals surface area contributed by atoms with E-state index in [1.54, 1.807) is 29.0 Å². The van der Waals surface area contributed by atoms with Gasteiger partial charge in [0.15, 0.2) is 0 Å². The number of sulfonamides is 2. The lowest BCUT2D eigenvalue weighted by Gasteiger charge is -2.17. The van der Waals surface area contributed by atoms with Gasteiger partial charge < -0.3 is 30.0 Å². The predicted molar refractivity (Wildman–Crippen MR) is 480 cm³/mol. The number of hydrogen-bond donors (Lipinski definition) is 4. The standard InChI is InChI=1S/C25H18F7NO4S.C24H18F7NO5S2.C24H21F4NO5S2.C23H19F4NO3S.FH.H2/c26-19-3-1-2-4-21(19)38(35,36)22-13-17(37-25(30,31)32)8-6-16(22)12-14-5-9-18-15(11-14)7-10-20(18)33-23(34)24(27,28)29;25-19-3-1-2-4-21(19)38(33,34)22-13-17(37-23(26,27)28)8-6-16(22)12-14-5-9-18-15(11-14)7-10-20(18)32-39(35,36)24(29,30)31;1-35(30,31)29-21-11-8-16-12-15(6-10-19(16)21)13-17-7-9-18(34-24(26,27)28)14-23(17)36(32,33)22-5-3-2-4-20(22)25;24-19-3-1-2-4-21(19)32(29,30)22-13-17(31-23(25,26)27)8-6-16(22)12-14-5-9-18-15(11-14)7-10-20(18)28;;/h1-6,8-9,11,13,20H,7,10,12H2,(H,33,34);1-6,8-9,11,13,20,32H,7,10,12H2;2-7,9-10,12,14,21,29H,8,11,13H2,1H3;1-6,8-9,11,13,20H,7,10,12,28H2;2*1H/i;;;;;1+1. The highest BCUT2D eigenvalue weighted by Gasteiger charge is 2.49. The molecule has 0 spiro atoms. The Morgan fingerprint density at radius 3 is 0.829 bits per heavy atom. The van der Waals surface area contributed by atoms with Gasteiger partial charge in [0.05, 0.1) is 31.9 Å². The zero-order valence-corrected chi connectivity index (χ0v) is 79.5. The van der Waals surface area contributed by atoms with Crippen molar-refractivity contribution in [1.82, 2.24) is 14.8 Å². The van der Waals surface area contributed by atoms with Crippen LogP contribution in [0.25, 0.3) is 0 Å². The number of alkyl halides is 18. The molecule has 5 N–H and O–H groups in total. The zero-order valence-electron chi connectivity index (χ0n) is 74.6. The summed E-state index contributed by atoms with van der Waals surface area (Å²) in [6.45, 7) is 0. The van der Waals surface area contributed by atoms with Gasteiger partial charge in [-0.1, -0.05) is 146 Å². The van der Waals surface area contributed by atoms with E-state index in [1.165, 1.54) is 91.0 Å². The van der Waals surface area contributed by atoms with Crippen molar-refractivity contribution >= 4 is 65.3 Å². The van der Waals surface area contributed by atoms with E-state index in [0.717, 1.165) is 144 Å². The molecule has 782 valence electrons. The molecule has 0 saturated heterocycles. The molecule has 0 saturated carbocycles. The lowest BCUT2D eigenvalue weighted by molar-refractivity contribution is -0.275. The molecule has 50 heteroatoms. The van der Waals surface area contributed by atoms with Crippen LogP contribution >= 0.6 is 0 Å². The molecule has 1 amide bonds. The molecular weight excluding hydrogens is 2110 g/mol. The molecule has 0 fully saturated rings. The van der Waals surface area contributed by atoms with Crippen LogP contribution in [0.2, 0.25) is 0 Å². The van der Waals surface area contributed by atoms with Crippen molar-refractivity contribution in [1.29, 1.82) is 0 Å². The highest BCUT2D eigenvalue weighted by molar-refractivity contribution is 7.92. The van der Waals surface area contributed by atoms with Crippen LogP contribution in [0, 0.1) is 23.3 Å². The van der Waals surface area contributed by atoms with Crippen molar-refractivity contribution in [2.75, 3.05) is 6.26 Å². The van der Waals surface area contributed by atoms with Crippen molar-refractivity contribution in [2.24, 2.45) is 5.73 Å². The average Bonchev–Trinajstić information content (AvgIpc) is 1.40. The van der Waals surface area contributed by atoms with Gasteiger partial charge in [-0.2, -0.15) is 31.1 Å². The Bertz CT molecular complexity index is 7700. The molecule has 12 aromatic carbocycles. The Kier molecular flexibility index (Phi) is 33.3. The van der Waals surface area contributed by atoms with E-state index in [-0.39, 0.29) is 85.4 Å². The number of benzene rings is 12. The van der Waals surface area contributed by atoms with Gasteiger partial charge in [0, 0.05) is 19.6 Å². The van der Waals surface area contributed by atoms with Crippen molar-refractivity contribution in [2.45, 2.75) is 178 Å². The molecule has 0 radical (unpaired) electrons. The number of amides is 1. The monoisotopic (exact) mass is 2190 g/mol. The van der Waals surface area contributed by atoms with Crippen molar-refractivity contribution in [3.05, 3.63) is 355 Å². The van der Waals surface area contributed by atoms with Crippen LogP contribution in [0.15, 0.2) is 282 Å². The Balaban J connectivity index is 0.000000186. The first-order chi connectivity index (χ1) is 67.4. The second-order valence-corrected chi connectivity index (χ2v) is 44.2. The number of ether oxygens (including phenoxy) is 4. The highest BCUT2D eigenvalue weighted by Crippen LogP contribution is 2.44. The first kappa shape index (κ1) is 112. The fourth-order valence-electron chi connectivity index (χ4n) is 16.8. The summed E-state index contributed by atoms with van der Waals surface area (Å²) in [7, 11) is -27.3. The number of nitrogens with two attached hydrogens (primary N) is 1. The molecule has 0 heterocycles. The van der Waals surface area contributed by atoms with Crippen LogP contribution in [0.3, 0.4) is 0 Å². The van der Waals surface area contributed by atoms with E-state index in [1.807, 2.05) is 23.5 Å². The quantitative estimate of drug-likeness (QED) is 0.0386. The number of aryl methyl sites for hydroxylation is 4. The van der Waals surface area contributed by atoms with Crippen molar-refractivity contribution in [3.8, 4) is 23.0 Å². The number of hydrogen-bond acceptors (Lipinski definition) is 18. The lowest BCUT2D eigenvalue weighted by Crippen LogP contribution is -2.38. The summed E-state index contributed by atoms with van der Waals surface area (Å²) in [4.78, 5) is 6.36. The summed E-state index contributed by atoms with van der Waals surface area (Å²) in [6, 6.07) is 46.9. The molecule has 4 unspecified atom stereocenters. The molecule has 21 nitrogen and oxygen atoms in total. The number of halogens is 23. The molecule has 0 aliphatic heterocycles. The summed E-state index contributed by atoms with van der Waals surface area (Å²) in [6.07, 6.45) is -20.8. The first-order valence-corrected chi connectivity index (χ1v) is 51.9. The molecule has 0 bridgehead atoms. The minimum atomic E-state index is -5.59. The largest absolute Gasteiger partial charge is 0.573 e. The molecule has 146 heavy (non-hydrogen) atoms. The SMILES string of the molecule is CS(=O)(=O)NC1CCc2cc(Cc3ccc(OC(F)(F)F)cc3S(=O)(=O)c3ccccc3F)ccc21.F.NC1CCc2cc(Cc3ccc(OC(F)(F)F)cc3S(=O)(=O)c3ccccc3F)ccc21.O=C(NC1CCc2cc(Cc3ccc(OC(F)(F)F)cc3S(=O)(=O)c3ccccc3F)ccc21)C(F)(F)F.O=S(=O)(c1ccccc1F)c1cc(OC(F)(F)F)ccc1Cc1ccc2c(c1)CCC2NS(=O)(=O)C(F)(F)F.[2HH]. The van der Waals surface area contributed by atoms with Crippen molar-refractivity contribution in [3.63, 3.8) is 0 Å². The van der Waals surface area contributed by atoms with Gasteiger partial charge in [-0.15, -0.1) is 52.7 Å². The Morgan fingerprint density at radius 1 is 0.322 bits per heavy atom. The average molecular weight is 2190 g/mol. The number of carbonyl (C=O) groups is 1. The second-order valence-electron chi connectivity index (χ2n) is 33.2. The van der Waals surface area contributed by atoms with Crippen LogP contribution in [-0.4, -0.2) is 99.8 Å². The Morgan fingerprint density at radius 2 is 0.568 bits per heavy atom. The van der Waals surface area contributed by atoms with E-state index in [9.17, 15) is 152 Å². The molecule has 4 aliphatic carbocycles. The number of nitrogens with one attached hydrogen (secondary N) is 3. The van der Waals surface area contributed by atoms with E-state index < -0.39 is 200 Å². The van der Waals surface area contributed by atoms with Crippen LogP contribution in [-0.2, 0) is 116 Å². The molecule has 0 aromatic heterocycles. The minimum absolute atomic E-state index is 0. The molecule has 4 aliphatic rings. The topological polar surface area (TPSA) is 321 Å². The van der Waals surface area contributed by atoms with Gasteiger partial charge in [-0.05, 0) is 263 Å². The number of rotatable bonds is 25. The third kappa shape index (κ3) is 27.6. The minimum Gasteiger partial charge on any atom is -0.406 e. The third-order valence-electron chi connectivity index (χ3n) is 23.0. The first-order valence-electron chi connectivity index (χ1n) is 42.6. The zero-order chi connectivity index (χ0) is 106. The van der Waals surface area contributed by atoms with E-state index in [0.29, 0.717) is 70.3 Å². The molecule has 4 atom stereocenters. The normalized spacial score (nSPS) is 15.9. The van der Waals surface area contributed by atoms with E-state index in [2.05, 4.69) is 23.7 Å². The summed E-state index contributed by atoms with van der Waals surface area (Å²) >= 11 is 0. The maximum atomic E-state index is 14.4. The number of fused-ring (bicyclic) bond motifs is 4. The van der Waals surface area contributed by atoms with Crippen LogP contribution < -0.4 is 39.4 Å². The second kappa shape index (κ2) is 43.4. The summed E-state index contributed by atoms with van der Waals surface area (Å²) in [5, 5.41) is 1.94. The molecular formula is C96H79F23N4O17S6. The summed E-state index contributed by atoms with van der Waals surface area (Å²) in [5.74, 6) is -9.40. The molecule has 12 aromatic rings. The summed E-state index contributed by atoms with van der Waals surface area (Å²) < 4.78 is 459. The fraction of sp³-hybridized carbons (Fsp3) is 0.240. The van der Waals surface area contributed by atoms with Gasteiger partial charge >= 0.3 is 53.1 Å². The van der Waals surface area contributed by atoms with Gasteiger partial charge in [0.2, 0.25) is 49.4 Å². The highest BCUT2D eigenvalue weighted by atomic mass is 32.2. The summed E-state index contributed by atoms with van der Waals surface area (Å²) in [5.41, 5.74) is 9.04. The Hall–Kier alpha value is -12.7. The lowest BCUT2D eigenvalue weighted by atomic mass is 9.99. The van der Waals surface area contributed by atoms with Crippen LogP contribution in [0.1, 0.15) is 140 Å². The predicted octanol–water partition coefficient (Wildman–Crippen LogP) is 21.6. The van der Waals surface area contributed by atoms with Gasteiger partial charge in [0.25, 0.3) is 0 Å². The number of carbonyl (C=O) groups excluding carboxylic acids is 1. The fourth-order valence-corrected chi connectivity index (χ4v) is 24.6. The Labute approximate surface area is 819 Å². The smallest absolute Gasteiger partial charge is 0.406 e. The maximum Gasteiger partial charge on any atom is 0.573 e. The number of sulfone groups is 4. The maximum absolute atomic E-state index is 14.4. The third-order valence-corrected chi connectivity index (χ3v) is 32.4. The van der Waals surface area contributed by atoms with Crippen LogP contribution in [0.5, 0.6) is 23.0 Å². The van der Waals surface area contributed by atoms with Crippen molar-refractivity contribution < 1.29 is 177 Å². The molecule has 16 rings (SSSR count). The van der Waals surface area contributed by atoms with Gasteiger partial charge in [-0.25, -0.2) is 72.8 Å². The van der Waals surface area contributed by atoms with Gasteiger partial charge in [-0.3, -0.25) is 9.50 Å².